The molecular weight excluding hydrogens is 580 g/mol. The van der Waals surface area contributed by atoms with Gasteiger partial charge in [0.15, 0.2) is 6.10 Å². The maximum Gasteiger partial charge on any atom is 0.335 e. The molecule has 0 saturated heterocycles. The van der Waals surface area contributed by atoms with Gasteiger partial charge in [0.1, 0.15) is 24.2 Å². The molecule has 0 rings (SSSR count). The normalized spacial score (nSPS) is 14.0. The highest BCUT2D eigenvalue weighted by molar-refractivity contribution is 5.97. The van der Waals surface area contributed by atoms with Gasteiger partial charge in [0.05, 0.1) is 13.2 Å². The third kappa shape index (κ3) is 15.5. The van der Waals surface area contributed by atoms with Crippen molar-refractivity contribution in [2.24, 2.45) is 10.9 Å². The third-order valence-corrected chi connectivity index (χ3v) is 5.86. The van der Waals surface area contributed by atoms with E-state index in [1.807, 2.05) is 10.6 Å². The van der Waals surface area contributed by atoms with Crippen molar-refractivity contribution in [3.63, 3.8) is 0 Å². The van der Waals surface area contributed by atoms with Crippen LogP contribution in [0.2, 0.25) is 0 Å². The van der Waals surface area contributed by atoms with Crippen LogP contribution in [-0.4, -0.2) is 131 Å². The van der Waals surface area contributed by atoms with Crippen molar-refractivity contribution >= 4 is 42.4 Å². The van der Waals surface area contributed by atoms with E-state index in [-0.39, 0.29) is 58.1 Å². The smallest absolute Gasteiger partial charge is 0.335 e. The van der Waals surface area contributed by atoms with Crippen LogP contribution in [0, 0.1) is 4.91 Å². The van der Waals surface area contributed by atoms with E-state index < -0.39 is 66.5 Å². The largest absolute Gasteiger partial charge is 0.479 e. The van der Waals surface area contributed by atoms with Crippen LogP contribution >= 0.6 is 0 Å². The molecule has 20 nitrogen and oxygen atoms in total. The van der Waals surface area contributed by atoms with E-state index >= 15 is 0 Å². The Hall–Kier alpha value is -4.27. The number of unbranched alkanes of at least 4 members (excludes halogenated alkanes) is 1. The van der Waals surface area contributed by atoms with Crippen LogP contribution in [0.15, 0.2) is 5.18 Å². The second kappa shape index (κ2) is 22.3. The van der Waals surface area contributed by atoms with Crippen LogP contribution in [0.5, 0.6) is 0 Å². The van der Waals surface area contributed by atoms with E-state index in [4.69, 9.17) is 5.73 Å². The molecule has 0 unspecified atom stereocenters. The molecule has 0 heterocycles. The number of aliphatic carboxylic acids is 1. The van der Waals surface area contributed by atoms with Crippen LogP contribution < -0.4 is 32.3 Å². The second-order valence-electron chi connectivity index (χ2n) is 9.10. The first kappa shape index (κ1) is 38.7. The van der Waals surface area contributed by atoms with Crippen molar-refractivity contribution in [3.8, 4) is 0 Å². The molecule has 0 bridgehead atoms. The van der Waals surface area contributed by atoms with Crippen LogP contribution in [0.3, 0.4) is 0 Å². The number of hydrogen-bond donors (Lipinski definition) is 10. The Balaban J connectivity index is 5.70. The number of nitrogens with zero attached hydrogens (tertiary/aromatic N) is 2. The molecule has 0 aliphatic heterocycles. The number of aliphatic hydroxyl groups excluding tert-OH is 2. The number of carbonyl (C=O) groups excluding carboxylic acids is 6. The van der Waals surface area contributed by atoms with Gasteiger partial charge in [-0.05, 0) is 45.1 Å². The van der Waals surface area contributed by atoms with Crippen LogP contribution in [-0.2, 0) is 33.6 Å². The molecule has 0 aromatic rings. The molecular formula is C23H40N8O12. The predicted molar refractivity (Wildman–Crippen MR) is 144 cm³/mol. The average Bonchev–Trinajstić information content (AvgIpc) is 2.98. The Kier molecular flexibility index (Phi) is 20.1. The minimum Gasteiger partial charge on any atom is -0.479 e. The molecule has 0 spiro atoms. The number of carboxylic acids is 1. The minimum atomic E-state index is -2.54. The SMILES string of the molecule is NCCCCNC(=O)[C@H](CCCN(O)C=O)NC(=O)[C@H](CO)NC(=O)[C@H](NC(=O)[C@H](CCCN=O)NC=O)[C@@H](O)C(=O)O. The number of rotatable bonds is 25. The lowest BCUT2D eigenvalue weighted by Crippen LogP contribution is -2.62. The molecule has 43 heavy (non-hydrogen) atoms. The summed E-state index contributed by atoms with van der Waals surface area (Å²) in [7, 11) is 0. The summed E-state index contributed by atoms with van der Waals surface area (Å²) < 4.78 is 0. The summed E-state index contributed by atoms with van der Waals surface area (Å²) >= 11 is 0. The number of nitrogens with two attached hydrogens (primary N) is 1. The van der Waals surface area contributed by atoms with Gasteiger partial charge in [0.2, 0.25) is 36.4 Å². The molecule has 20 heteroatoms. The lowest BCUT2D eigenvalue weighted by atomic mass is 10.1. The third-order valence-electron chi connectivity index (χ3n) is 5.86. The zero-order chi connectivity index (χ0) is 32.8. The molecule has 0 radical (unpaired) electrons. The number of nitroso groups, excluding NO2 is 1. The van der Waals surface area contributed by atoms with E-state index in [0.717, 1.165) is 0 Å². The second-order valence-corrected chi connectivity index (χ2v) is 9.10. The van der Waals surface area contributed by atoms with Crippen LogP contribution in [0.1, 0.15) is 38.5 Å². The van der Waals surface area contributed by atoms with Gasteiger partial charge in [-0.3, -0.25) is 34.0 Å². The minimum absolute atomic E-state index is 0.0424. The summed E-state index contributed by atoms with van der Waals surface area (Å²) in [5.74, 6) is -6.22. The molecule has 5 atom stereocenters. The van der Waals surface area contributed by atoms with Gasteiger partial charge in [0, 0.05) is 13.1 Å². The van der Waals surface area contributed by atoms with Crippen molar-refractivity contribution in [2.45, 2.75) is 68.8 Å². The maximum atomic E-state index is 12.9. The number of carboxylic acid groups (broad SMARTS) is 1. The first-order valence-electron chi connectivity index (χ1n) is 13.3. The van der Waals surface area contributed by atoms with Crippen molar-refractivity contribution in [2.75, 3.05) is 32.8 Å². The quantitative estimate of drug-likeness (QED) is 0.0150. The van der Waals surface area contributed by atoms with Gasteiger partial charge in [-0.1, -0.05) is 5.18 Å². The zero-order valence-electron chi connectivity index (χ0n) is 23.3. The summed E-state index contributed by atoms with van der Waals surface area (Å²) in [6.45, 7) is -0.854. The summed E-state index contributed by atoms with van der Waals surface area (Å²) in [5.41, 5.74) is 5.42. The van der Waals surface area contributed by atoms with Gasteiger partial charge < -0.3 is 47.6 Å². The van der Waals surface area contributed by atoms with Gasteiger partial charge >= 0.3 is 5.97 Å². The molecule has 0 aliphatic rings. The van der Waals surface area contributed by atoms with Gasteiger partial charge in [-0.2, -0.15) is 4.91 Å². The molecule has 0 aromatic heterocycles. The molecule has 0 saturated carbocycles. The first-order valence-corrected chi connectivity index (χ1v) is 13.3. The maximum absolute atomic E-state index is 12.9. The first-order chi connectivity index (χ1) is 20.5. The Morgan fingerprint density at radius 3 is 2.05 bits per heavy atom. The van der Waals surface area contributed by atoms with Crippen molar-refractivity contribution in [1.82, 2.24) is 31.6 Å². The number of hydrogen-bond acceptors (Lipinski definition) is 13. The van der Waals surface area contributed by atoms with Crippen molar-refractivity contribution in [1.29, 1.82) is 0 Å². The lowest BCUT2D eigenvalue weighted by Gasteiger charge is -2.26. The predicted octanol–water partition coefficient (Wildman–Crippen LogP) is -4.98. The van der Waals surface area contributed by atoms with E-state index in [9.17, 15) is 59.0 Å². The van der Waals surface area contributed by atoms with Crippen LogP contribution in [0.25, 0.3) is 0 Å². The number of carbonyl (C=O) groups is 7. The van der Waals surface area contributed by atoms with E-state index in [1.165, 1.54) is 0 Å². The highest BCUT2D eigenvalue weighted by Crippen LogP contribution is 2.04. The van der Waals surface area contributed by atoms with Gasteiger partial charge in [-0.15, -0.1) is 0 Å². The summed E-state index contributed by atoms with van der Waals surface area (Å²) in [6.07, 6.45) is -1.25. The van der Waals surface area contributed by atoms with Crippen molar-refractivity contribution < 1.29 is 54.1 Å². The Bertz CT molecular complexity index is 940. The fourth-order valence-corrected chi connectivity index (χ4v) is 3.53. The molecule has 6 amide bonds. The number of aliphatic hydroxyl groups is 2. The van der Waals surface area contributed by atoms with Gasteiger partial charge in [0.25, 0.3) is 0 Å². The molecule has 244 valence electrons. The van der Waals surface area contributed by atoms with E-state index in [0.29, 0.717) is 24.4 Å². The van der Waals surface area contributed by atoms with Gasteiger partial charge in [-0.25, -0.2) is 9.86 Å². The number of nitrogens with one attached hydrogen (secondary N) is 5. The summed E-state index contributed by atoms with van der Waals surface area (Å²) in [6, 6.07) is -6.61. The molecule has 0 fully saturated rings. The van der Waals surface area contributed by atoms with Crippen molar-refractivity contribution in [3.05, 3.63) is 4.91 Å². The summed E-state index contributed by atoms with van der Waals surface area (Å²) in [4.78, 5) is 94.3. The Labute approximate surface area is 246 Å². The fraction of sp³-hybridized carbons (Fsp3) is 0.696. The van der Waals surface area contributed by atoms with E-state index in [2.05, 4.69) is 21.1 Å². The van der Waals surface area contributed by atoms with E-state index in [1.54, 1.807) is 0 Å². The molecule has 11 N–H and O–H groups in total. The number of hydroxylamine groups is 2. The number of amides is 6. The highest BCUT2D eigenvalue weighted by atomic mass is 16.5. The summed E-state index contributed by atoms with van der Waals surface area (Å²) in [5, 5.41) is 52.2. The van der Waals surface area contributed by atoms with Crippen LogP contribution in [0.4, 0.5) is 0 Å². The average molecular weight is 621 g/mol. The highest BCUT2D eigenvalue weighted by Gasteiger charge is 2.37. The Morgan fingerprint density at radius 1 is 0.860 bits per heavy atom. The zero-order valence-corrected chi connectivity index (χ0v) is 23.3. The Morgan fingerprint density at radius 2 is 1.49 bits per heavy atom. The lowest BCUT2D eigenvalue weighted by molar-refractivity contribution is -0.152. The monoisotopic (exact) mass is 620 g/mol. The fourth-order valence-electron chi connectivity index (χ4n) is 3.53. The topological polar surface area (TPSA) is 319 Å². The molecule has 0 aromatic carbocycles. The molecule has 0 aliphatic carbocycles. The standard InChI is InChI=1S/C23H40N8O12/c24-7-1-2-8-25-19(36)15(6-4-10-31(43)13-34)28-21(38)16(11-32)29-22(39)17(18(35)23(40)41)30-20(37)14(26-12-33)5-3-9-27-42/h12-18,32,35,43H,1-11,24H2,(H,25,36)(H,26,33)(H,28,38)(H,29,39)(H,30,37)(H,40,41)/t14-,15-,16-,17+,18+/m0/s1.